The van der Waals surface area contributed by atoms with Gasteiger partial charge in [0.1, 0.15) is 5.75 Å². The Morgan fingerprint density at radius 2 is 2.06 bits per heavy atom. The average Bonchev–Trinajstić information content (AvgIpc) is 2.56. The van der Waals surface area contributed by atoms with Gasteiger partial charge in [0.05, 0.1) is 12.1 Å². The minimum absolute atomic E-state index is 0.483. The quantitative estimate of drug-likeness (QED) is 0.884. The first kappa shape index (κ1) is 13.0. The summed E-state index contributed by atoms with van der Waals surface area (Å²) in [5.41, 5.74) is 1.15. The summed E-state index contributed by atoms with van der Waals surface area (Å²) in [7, 11) is 1.66. The van der Waals surface area contributed by atoms with Crippen LogP contribution in [0.4, 0.5) is 0 Å². The first-order chi connectivity index (χ1) is 8.22. The second-order valence-electron chi connectivity index (χ2n) is 4.39. The van der Waals surface area contributed by atoms with Crippen LogP contribution in [0.1, 0.15) is 30.7 Å². The molecule has 1 N–H and O–H groups in total. The number of benzene rings is 1. The maximum Gasteiger partial charge on any atom is 0.141 e. The Morgan fingerprint density at radius 1 is 1.24 bits per heavy atom. The molecule has 0 saturated carbocycles. The number of ether oxygens (including phenoxy) is 1. The third-order valence-corrected chi connectivity index (χ3v) is 3.76. The van der Waals surface area contributed by atoms with Crippen LogP contribution in [-0.2, 0) is 0 Å². The highest BCUT2D eigenvalue weighted by molar-refractivity contribution is 6.35. The van der Waals surface area contributed by atoms with E-state index in [-0.39, 0.29) is 0 Å². The number of nitrogens with one attached hydrogen (secondary N) is 1. The van der Waals surface area contributed by atoms with Crippen LogP contribution in [0.15, 0.2) is 12.1 Å². The van der Waals surface area contributed by atoms with Crippen LogP contribution >= 0.6 is 23.2 Å². The normalized spacial score (nSPS) is 21.0. The van der Waals surface area contributed by atoms with Gasteiger partial charge in [-0.15, -0.1) is 0 Å². The van der Waals surface area contributed by atoms with Gasteiger partial charge in [0.2, 0.25) is 0 Å². The molecule has 2 rings (SSSR count). The van der Waals surface area contributed by atoms with Crippen LogP contribution in [0.5, 0.6) is 5.75 Å². The van der Waals surface area contributed by atoms with Crippen LogP contribution in [0, 0.1) is 0 Å². The monoisotopic (exact) mass is 273 g/mol. The molecule has 1 aromatic carbocycles. The summed E-state index contributed by atoms with van der Waals surface area (Å²) in [6.45, 7) is 2.13. The molecule has 1 aliphatic rings. The minimum Gasteiger partial charge on any atom is -0.495 e. The van der Waals surface area contributed by atoms with E-state index >= 15 is 0 Å². The van der Waals surface area contributed by atoms with Crippen molar-refractivity contribution < 1.29 is 4.74 Å². The maximum atomic E-state index is 6.17. The van der Waals surface area contributed by atoms with Crippen molar-refractivity contribution in [2.45, 2.75) is 25.2 Å². The summed E-state index contributed by atoms with van der Waals surface area (Å²) in [5.74, 6) is 1.26. The minimum atomic E-state index is 0.483. The summed E-state index contributed by atoms with van der Waals surface area (Å²) >= 11 is 12.3. The van der Waals surface area contributed by atoms with Gasteiger partial charge in [-0.1, -0.05) is 23.2 Å². The first-order valence-corrected chi connectivity index (χ1v) is 6.71. The average molecular weight is 274 g/mol. The zero-order valence-corrected chi connectivity index (χ0v) is 11.4. The van der Waals surface area contributed by atoms with Crippen molar-refractivity contribution in [3.63, 3.8) is 0 Å². The van der Waals surface area contributed by atoms with Crippen molar-refractivity contribution in [1.82, 2.24) is 5.32 Å². The molecular formula is C13H17Cl2NO. The summed E-state index contributed by atoms with van der Waals surface area (Å²) in [5, 5.41) is 4.69. The third kappa shape index (κ3) is 3.06. The fraction of sp³-hybridized carbons (Fsp3) is 0.538. The lowest BCUT2D eigenvalue weighted by Crippen LogP contribution is -2.14. The van der Waals surface area contributed by atoms with E-state index in [4.69, 9.17) is 27.9 Å². The maximum absolute atomic E-state index is 6.17. The van der Waals surface area contributed by atoms with E-state index in [9.17, 15) is 0 Å². The van der Waals surface area contributed by atoms with E-state index in [1.165, 1.54) is 6.42 Å². The molecule has 0 radical (unpaired) electrons. The van der Waals surface area contributed by atoms with Gasteiger partial charge in [-0.3, -0.25) is 0 Å². The second-order valence-corrected chi connectivity index (χ2v) is 5.23. The molecule has 1 unspecified atom stereocenters. The van der Waals surface area contributed by atoms with Gasteiger partial charge in [-0.05, 0) is 50.4 Å². The molecular weight excluding hydrogens is 257 g/mol. The van der Waals surface area contributed by atoms with Gasteiger partial charge in [0.15, 0.2) is 0 Å². The molecule has 1 atom stereocenters. The summed E-state index contributed by atoms with van der Waals surface area (Å²) in [6.07, 6.45) is 3.44. The van der Waals surface area contributed by atoms with Gasteiger partial charge in [0, 0.05) is 10.6 Å². The number of hydrogen-bond acceptors (Lipinski definition) is 2. The first-order valence-electron chi connectivity index (χ1n) is 5.96. The zero-order chi connectivity index (χ0) is 12.3. The Morgan fingerprint density at radius 3 is 2.82 bits per heavy atom. The molecule has 0 amide bonds. The molecule has 1 heterocycles. The predicted octanol–water partition coefficient (Wildman–Crippen LogP) is 3.86. The smallest absolute Gasteiger partial charge is 0.141 e. The van der Waals surface area contributed by atoms with Crippen LogP contribution in [0.2, 0.25) is 10.0 Å². The van der Waals surface area contributed by atoms with Crippen molar-refractivity contribution >= 4 is 23.2 Å². The lowest BCUT2D eigenvalue weighted by Gasteiger charge is -2.19. The summed E-state index contributed by atoms with van der Waals surface area (Å²) in [6, 6.07) is 3.72. The van der Waals surface area contributed by atoms with E-state index in [0.29, 0.717) is 16.0 Å². The lowest BCUT2D eigenvalue weighted by molar-refractivity contribution is 0.403. The van der Waals surface area contributed by atoms with Crippen molar-refractivity contribution in [3.05, 3.63) is 27.7 Å². The number of hydrogen-bond donors (Lipinski definition) is 1. The topological polar surface area (TPSA) is 21.3 Å². The van der Waals surface area contributed by atoms with Crippen LogP contribution in [0.25, 0.3) is 0 Å². The number of methoxy groups -OCH3 is 1. The van der Waals surface area contributed by atoms with E-state index in [0.717, 1.165) is 37.2 Å². The number of halogens is 2. The highest BCUT2D eigenvalue weighted by Gasteiger charge is 2.20. The van der Waals surface area contributed by atoms with E-state index in [1.54, 1.807) is 13.2 Å². The molecule has 1 aromatic rings. The van der Waals surface area contributed by atoms with Gasteiger partial charge in [-0.25, -0.2) is 0 Å². The molecule has 0 aromatic heterocycles. The van der Waals surface area contributed by atoms with Gasteiger partial charge in [-0.2, -0.15) is 0 Å². The highest BCUT2D eigenvalue weighted by Crippen LogP contribution is 2.39. The Balaban J connectivity index is 2.34. The van der Waals surface area contributed by atoms with Crippen molar-refractivity contribution in [1.29, 1.82) is 0 Å². The highest BCUT2D eigenvalue weighted by atomic mass is 35.5. The molecule has 0 aliphatic carbocycles. The predicted molar refractivity (Wildman–Crippen MR) is 72.5 cm³/mol. The molecule has 1 aliphatic heterocycles. The van der Waals surface area contributed by atoms with Crippen molar-refractivity contribution in [3.8, 4) is 5.75 Å². The van der Waals surface area contributed by atoms with E-state index in [2.05, 4.69) is 5.32 Å². The largest absolute Gasteiger partial charge is 0.495 e. The molecule has 2 nitrogen and oxygen atoms in total. The second kappa shape index (κ2) is 5.94. The fourth-order valence-electron chi connectivity index (χ4n) is 2.43. The Bertz CT molecular complexity index is 387. The third-order valence-electron chi connectivity index (χ3n) is 3.26. The molecule has 1 fully saturated rings. The van der Waals surface area contributed by atoms with E-state index < -0.39 is 0 Å². The Hall–Kier alpha value is -0.440. The SMILES string of the molecule is COc1c(Cl)cc(Cl)cc1C1CCCNCC1. The van der Waals surface area contributed by atoms with Crippen LogP contribution in [0.3, 0.4) is 0 Å². The molecule has 4 heteroatoms. The Labute approximate surface area is 112 Å². The van der Waals surface area contributed by atoms with Crippen LogP contribution in [-0.4, -0.2) is 20.2 Å². The fourth-order valence-corrected chi connectivity index (χ4v) is 3.02. The standard InChI is InChI=1S/C13H17Cl2NO/c1-17-13-11(7-10(14)8-12(13)15)9-3-2-5-16-6-4-9/h7-9,16H,2-6H2,1H3. The van der Waals surface area contributed by atoms with E-state index in [1.807, 2.05) is 6.07 Å². The number of rotatable bonds is 2. The van der Waals surface area contributed by atoms with Crippen molar-refractivity contribution in [2.75, 3.05) is 20.2 Å². The van der Waals surface area contributed by atoms with Crippen LogP contribution < -0.4 is 10.1 Å². The Kier molecular flexibility index (Phi) is 4.55. The van der Waals surface area contributed by atoms with Gasteiger partial charge >= 0.3 is 0 Å². The van der Waals surface area contributed by atoms with Gasteiger partial charge < -0.3 is 10.1 Å². The molecule has 17 heavy (non-hydrogen) atoms. The molecule has 1 saturated heterocycles. The van der Waals surface area contributed by atoms with Crippen molar-refractivity contribution in [2.24, 2.45) is 0 Å². The summed E-state index contributed by atoms with van der Waals surface area (Å²) in [4.78, 5) is 0. The lowest BCUT2D eigenvalue weighted by atomic mass is 9.91. The zero-order valence-electron chi connectivity index (χ0n) is 9.93. The summed E-state index contributed by atoms with van der Waals surface area (Å²) < 4.78 is 5.41. The molecule has 94 valence electrons. The molecule has 0 bridgehead atoms. The van der Waals surface area contributed by atoms with Gasteiger partial charge in [0.25, 0.3) is 0 Å². The molecule has 0 spiro atoms.